The van der Waals surface area contributed by atoms with Gasteiger partial charge in [0.2, 0.25) is 0 Å². The molecule has 4 unspecified atom stereocenters. The monoisotopic (exact) mass is 224 g/mol. The molecule has 0 spiro atoms. The van der Waals surface area contributed by atoms with Gasteiger partial charge in [-0.1, -0.05) is 6.42 Å². The van der Waals surface area contributed by atoms with Crippen LogP contribution in [0.2, 0.25) is 0 Å². The predicted molar refractivity (Wildman–Crippen MR) is 63.2 cm³/mol. The summed E-state index contributed by atoms with van der Waals surface area (Å²) in [4.78, 5) is 0. The molecule has 1 heterocycles. The van der Waals surface area contributed by atoms with Crippen molar-refractivity contribution in [3.63, 3.8) is 0 Å². The Balaban J connectivity index is 1.33. The number of hydrogen-bond donors (Lipinski definition) is 1. The smallest absolute Gasteiger partial charge is 0.0576 e. The minimum absolute atomic E-state index is 0.00305. The number of fused-ring (bicyclic) bond motifs is 1. The van der Waals surface area contributed by atoms with Crippen LogP contribution in [-0.4, -0.2) is 23.9 Å². The summed E-state index contributed by atoms with van der Waals surface area (Å²) >= 11 is 0. The van der Waals surface area contributed by atoms with E-state index in [2.05, 4.69) is 0 Å². The van der Waals surface area contributed by atoms with Crippen LogP contribution in [0, 0.1) is 17.8 Å². The maximum atomic E-state index is 10.1. The molecule has 2 saturated carbocycles. The normalized spacial score (nSPS) is 43.3. The lowest BCUT2D eigenvalue weighted by Crippen LogP contribution is -2.14. The summed E-state index contributed by atoms with van der Waals surface area (Å²) in [6.07, 6.45) is 10.5. The number of hydrogen-bond acceptors (Lipinski definition) is 2. The maximum Gasteiger partial charge on any atom is 0.0576 e. The summed E-state index contributed by atoms with van der Waals surface area (Å²) in [7, 11) is 0. The van der Waals surface area contributed by atoms with Crippen molar-refractivity contribution in [1.82, 2.24) is 0 Å². The Bertz CT molecular complexity index is 225. The lowest BCUT2D eigenvalue weighted by molar-refractivity contribution is 0.0876. The largest absolute Gasteiger partial charge is 0.393 e. The van der Waals surface area contributed by atoms with E-state index in [1.54, 1.807) is 0 Å². The van der Waals surface area contributed by atoms with Crippen molar-refractivity contribution in [2.45, 2.75) is 63.6 Å². The molecule has 0 aromatic carbocycles. The Hall–Kier alpha value is -0.0800. The van der Waals surface area contributed by atoms with Gasteiger partial charge in [0.25, 0.3) is 0 Å². The summed E-state index contributed by atoms with van der Waals surface area (Å²) < 4.78 is 5.60. The van der Waals surface area contributed by atoms with Gasteiger partial charge in [0.15, 0.2) is 0 Å². The average Bonchev–Trinajstić information content (AvgIpc) is 2.76. The van der Waals surface area contributed by atoms with E-state index in [1.165, 1.54) is 38.5 Å². The highest BCUT2D eigenvalue weighted by Gasteiger charge is 2.55. The fourth-order valence-corrected chi connectivity index (χ4v) is 4.07. The Morgan fingerprint density at radius 1 is 1.12 bits per heavy atom. The Morgan fingerprint density at radius 2 is 1.94 bits per heavy atom. The van der Waals surface area contributed by atoms with E-state index in [1.807, 2.05) is 0 Å². The molecule has 3 rings (SSSR count). The number of aliphatic hydroxyl groups is 1. The molecule has 0 amide bonds. The second-order valence-electron chi connectivity index (χ2n) is 5.97. The molecule has 0 aromatic rings. The van der Waals surface area contributed by atoms with Crippen LogP contribution >= 0.6 is 0 Å². The minimum Gasteiger partial charge on any atom is -0.393 e. The molecule has 2 aliphatic carbocycles. The third-order valence-corrected chi connectivity index (χ3v) is 4.97. The van der Waals surface area contributed by atoms with Crippen LogP contribution in [0.5, 0.6) is 0 Å². The van der Waals surface area contributed by atoms with Gasteiger partial charge < -0.3 is 9.84 Å². The van der Waals surface area contributed by atoms with Gasteiger partial charge in [0, 0.05) is 6.61 Å². The van der Waals surface area contributed by atoms with Crippen LogP contribution in [-0.2, 0) is 4.74 Å². The van der Waals surface area contributed by atoms with E-state index in [4.69, 9.17) is 4.74 Å². The van der Waals surface area contributed by atoms with Crippen molar-refractivity contribution in [2.75, 3.05) is 6.61 Å². The van der Waals surface area contributed by atoms with E-state index in [9.17, 15) is 5.11 Å². The number of aliphatic hydroxyl groups excluding tert-OH is 1. The second kappa shape index (κ2) is 4.66. The van der Waals surface area contributed by atoms with Gasteiger partial charge in [-0.15, -0.1) is 0 Å². The van der Waals surface area contributed by atoms with Crippen LogP contribution in [0.25, 0.3) is 0 Å². The first-order valence-electron chi connectivity index (χ1n) is 7.16. The van der Waals surface area contributed by atoms with Crippen molar-refractivity contribution in [3.8, 4) is 0 Å². The molecule has 0 bridgehead atoms. The number of ether oxygens (including phenoxy) is 1. The molecule has 1 aliphatic heterocycles. The SMILES string of the molecule is OC(CCCC1CCCO1)C1C2CCCC21. The lowest BCUT2D eigenvalue weighted by Gasteiger charge is -2.14. The maximum absolute atomic E-state index is 10.1. The summed E-state index contributed by atoms with van der Waals surface area (Å²) in [5, 5.41) is 10.1. The van der Waals surface area contributed by atoms with Crippen molar-refractivity contribution in [1.29, 1.82) is 0 Å². The summed E-state index contributed by atoms with van der Waals surface area (Å²) in [6.45, 7) is 0.958. The first-order valence-corrected chi connectivity index (χ1v) is 7.16. The van der Waals surface area contributed by atoms with Gasteiger partial charge >= 0.3 is 0 Å². The van der Waals surface area contributed by atoms with Gasteiger partial charge in [-0.2, -0.15) is 0 Å². The van der Waals surface area contributed by atoms with Crippen molar-refractivity contribution in [2.24, 2.45) is 17.8 Å². The summed E-state index contributed by atoms with van der Waals surface area (Å²) in [6, 6.07) is 0. The fourth-order valence-electron chi connectivity index (χ4n) is 4.07. The molecular formula is C14H24O2. The second-order valence-corrected chi connectivity index (χ2v) is 5.97. The van der Waals surface area contributed by atoms with Gasteiger partial charge in [-0.25, -0.2) is 0 Å². The highest BCUT2D eigenvalue weighted by atomic mass is 16.5. The van der Waals surface area contributed by atoms with Crippen molar-refractivity contribution >= 4 is 0 Å². The molecule has 0 aromatic heterocycles. The Morgan fingerprint density at radius 3 is 2.62 bits per heavy atom. The van der Waals surface area contributed by atoms with E-state index < -0.39 is 0 Å². The molecule has 92 valence electrons. The standard InChI is InChI=1S/C14H24O2/c15-13(14-11-6-2-7-12(11)14)8-1-4-10-5-3-9-16-10/h10-15H,1-9H2. The average molecular weight is 224 g/mol. The quantitative estimate of drug-likeness (QED) is 0.778. The van der Waals surface area contributed by atoms with Gasteiger partial charge in [0.05, 0.1) is 12.2 Å². The third-order valence-electron chi connectivity index (χ3n) is 4.97. The third kappa shape index (κ3) is 2.14. The molecular weight excluding hydrogens is 200 g/mol. The molecule has 16 heavy (non-hydrogen) atoms. The highest BCUT2D eigenvalue weighted by Crippen LogP contribution is 2.59. The molecule has 1 saturated heterocycles. The zero-order valence-corrected chi connectivity index (χ0v) is 10.1. The van der Waals surface area contributed by atoms with Gasteiger partial charge in [-0.05, 0) is 62.7 Å². The molecule has 0 radical (unpaired) electrons. The number of rotatable bonds is 5. The Kier molecular flexibility index (Phi) is 3.21. The van der Waals surface area contributed by atoms with Gasteiger partial charge in [0.1, 0.15) is 0 Å². The predicted octanol–water partition coefficient (Wildman–Crippen LogP) is 2.74. The first kappa shape index (κ1) is 11.0. The lowest BCUT2D eigenvalue weighted by atomic mass is 10.00. The van der Waals surface area contributed by atoms with Crippen LogP contribution in [0.1, 0.15) is 51.4 Å². The van der Waals surface area contributed by atoms with E-state index >= 15 is 0 Å². The van der Waals surface area contributed by atoms with Crippen molar-refractivity contribution in [3.05, 3.63) is 0 Å². The van der Waals surface area contributed by atoms with Crippen LogP contribution in [0.3, 0.4) is 0 Å². The zero-order chi connectivity index (χ0) is 11.0. The first-order chi connectivity index (χ1) is 7.86. The highest BCUT2D eigenvalue weighted by molar-refractivity contribution is 5.04. The van der Waals surface area contributed by atoms with Crippen LogP contribution in [0.4, 0.5) is 0 Å². The Labute approximate surface area is 98.4 Å². The van der Waals surface area contributed by atoms with Crippen LogP contribution < -0.4 is 0 Å². The van der Waals surface area contributed by atoms with E-state index in [-0.39, 0.29) is 6.10 Å². The zero-order valence-electron chi connectivity index (χ0n) is 10.1. The summed E-state index contributed by atoms with van der Waals surface area (Å²) in [5.74, 6) is 2.48. The molecule has 4 atom stereocenters. The summed E-state index contributed by atoms with van der Waals surface area (Å²) in [5.41, 5.74) is 0. The molecule has 1 N–H and O–H groups in total. The van der Waals surface area contributed by atoms with E-state index in [0.29, 0.717) is 12.0 Å². The van der Waals surface area contributed by atoms with Gasteiger partial charge in [-0.3, -0.25) is 0 Å². The molecule has 3 fully saturated rings. The molecule has 2 heteroatoms. The topological polar surface area (TPSA) is 29.5 Å². The van der Waals surface area contributed by atoms with E-state index in [0.717, 1.165) is 31.3 Å². The minimum atomic E-state index is -0.00305. The van der Waals surface area contributed by atoms with Crippen LogP contribution in [0.15, 0.2) is 0 Å². The molecule has 3 aliphatic rings. The van der Waals surface area contributed by atoms with Crippen molar-refractivity contribution < 1.29 is 9.84 Å². The molecule has 2 nitrogen and oxygen atoms in total. The fraction of sp³-hybridized carbons (Fsp3) is 1.00.